The predicted molar refractivity (Wildman–Crippen MR) is 72.6 cm³/mol. The molecule has 7 nitrogen and oxygen atoms in total. The van der Waals surface area contributed by atoms with Gasteiger partial charge in [-0.1, -0.05) is 6.07 Å². The van der Waals surface area contributed by atoms with Crippen LogP contribution in [0.25, 0.3) is 0 Å². The molecule has 1 N–H and O–H groups in total. The molecule has 1 aromatic heterocycles. The van der Waals surface area contributed by atoms with Gasteiger partial charge in [-0.2, -0.15) is 0 Å². The SMILES string of the molecule is COCCCN1C(=O)COC(C(=O)O)C1c1cccnc1. The van der Waals surface area contributed by atoms with E-state index in [4.69, 9.17) is 9.47 Å². The van der Waals surface area contributed by atoms with Gasteiger partial charge in [0.2, 0.25) is 5.91 Å². The molecule has 0 bridgehead atoms. The van der Waals surface area contributed by atoms with Gasteiger partial charge in [0.25, 0.3) is 0 Å². The maximum absolute atomic E-state index is 12.1. The average molecular weight is 294 g/mol. The van der Waals surface area contributed by atoms with Crippen molar-refractivity contribution in [2.75, 3.05) is 26.9 Å². The fourth-order valence-electron chi connectivity index (χ4n) is 2.41. The van der Waals surface area contributed by atoms with E-state index in [2.05, 4.69) is 4.98 Å². The molecule has 0 aliphatic carbocycles. The highest BCUT2D eigenvalue weighted by atomic mass is 16.5. The predicted octanol–water partition coefficient (Wildman–Crippen LogP) is 0.471. The highest BCUT2D eigenvalue weighted by Crippen LogP contribution is 2.30. The number of pyridine rings is 1. The van der Waals surface area contributed by atoms with Crippen LogP contribution in [0.4, 0.5) is 0 Å². The Morgan fingerprint density at radius 1 is 1.62 bits per heavy atom. The van der Waals surface area contributed by atoms with E-state index < -0.39 is 18.1 Å². The number of carboxylic acids is 1. The Labute approximate surface area is 122 Å². The molecule has 1 fully saturated rings. The molecule has 0 radical (unpaired) electrons. The third-order valence-corrected chi connectivity index (χ3v) is 3.35. The number of nitrogens with zero attached hydrogens (tertiary/aromatic N) is 2. The summed E-state index contributed by atoms with van der Waals surface area (Å²) in [6.45, 7) is 0.697. The van der Waals surface area contributed by atoms with Crippen LogP contribution in [-0.4, -0.2) is 59.8 Å². The number of methoxy groups -OCH3 is 1. The molecule has 114 valence electrons. The van der Waals surface area contributed by atoms with Crippen molar-refractivity contribution < 1.29 is 24.2 Å². The van der Waals surface area contributed by atoms with Crippen LogP contribution in [-0.2, 0) is 19.1 Å². The van der Waals surface area contributed by atoms with Crippen molar-refractivity contribution in [2.45, 2.75) is 18.6 Å². The zero-order chi connectivity index (χ0) is 15.2. The zero-order valence-electron chi connectivity index (χ0n) is 11.8. The first-order chi connectivity index (χ1) is 10.1. The largest absolute Gasteiger partial charge is 0.479 e. The fourth-order valence-corrected chi connectivity index (χ4v) is 2.41. The third-order valence-electron chi connectivity index (χ3n) is 3.35. The molecule has 0 spiro atoms. The van der Waals surface area contributed by atoms with E-state index in [1.54, 1.807) is 36.5 Å². The molecule has 0 saturated carbocycles. The lowest BCUT2D eigenvalue weighted by atomic mass is 9.99. The second-order valence-electron chi connectivity index (χ2n) is 4.73. The van der Waals surface area contributed by atoms with Crippen LogP contribution in [0.1, 0.15) is 18.0 Å². The van der Waals surface area contributed by atoms with Crippen molar-refractivity contribution in [2.24, 2.45) is 0 Å². The number of aromatic nitrogens is 1. The molecule has 1 aromatic rings. The Balaban J connectivity index is 2.27. The molecular formula is C14H18N2O5. The minimum atomic E-state index is -1.09. The standard InChI is InChI=1S/C14H18N2O5/c1-20-7-3-6-16-11(17)9-21-13(14(18)19)12(16)10-4-2-5-15-8-10/h2,4-5,8,12-13H,3,6-7,9H2,1H3,(H,18,19). The van der Waals surface area contributed by atoms with Crippen molar-refractivity contribution >= 4 is 11.9 Å². The Bertz CT molecular complexity index is 493. The Hall–Kier alpha value is -1.99. The van der Waals surface area contributed by atoms with Crippen LogP contribution >= 0.6 is 0 Å². The number of ether oxygens (including phenoxy) is 2. The smallest absolute Gasteiger partial charge is 0.335 e. The van der Waals surface area contributed by atoms with Crippen molar-refractivity contribution in [3.05, 3.63) is 30.1 Å². The van der Waals surface area contributed by atoms with Crippen LogP contribution in [0.5, 0.6) is 0 Å². The monoisotopic (exact) mass is 294 g/mol. The molecule has 1 aliphatic heterocycles. The topological polar surface area (TPSA) is 89.0 Å². The number of hydrogen-bond acceptors (Lipinski definition) is 5. The van der Waals surface area contributed by atoms with E-state index >= 15 is 0 Å². The fraction of sp³-hybridized carbons (Fsp3) is 0.500. The molecule has 2 rings (SSSR count). The van der Waals surface area contributed by atoms with Crippen LogP contribution in [0.3, 0.4) is 0 Å². The summed E-state index contributed by atoms with van der Waals surface area (Å²) in [5.41, 5.74) is 0.648. The molecule has 1 aliphatic rings. The summed E-state index contributed by atoms with van der Waals surface area (Å²) in [7, 11) is 1.58. The Kier molecular flexibility index (Phi) is 5.24. The number of morpholine rings is 1. The van der Waals surface area contributed by atoms with Gasteiger partial charge in [-0.05, 0) is 18.1 Å². The van der Waals surface area contributed by atoms with Gasteiger partial charge in [0.1, 0.15) is 6.61 Å². The van der Waals surface area contributed by atoms with Crippen molar-refractivity contribution in [3.63, 3.8) is 0 Å². The minimum Gasteiger partial charge on any atom is -0.479 e. The van der Waals surface area contributed by atoms with Gasteiger partial charge in [0.05, 0.1) is 6.04 Å². The van der Waals surface area contributed by atoms with Gasteiger partial charge < -0.3 is 19.5 Å². The van der Waals surface area contributed by atoms with Crippen molar-refractivity contribution in [1.29, 1.82) is 0 Å². The number of carboxylic acid groups (broad SMARTS) is 1. The number of rotatable bonds is 6. The summed E-state index contributed by atoms with van der Waals surface area (Å²) < 4.78 is 10.2. The van der Waals surface area contributed by atoms with E-state index in [1.165, 1.54) is 0 Å². The lowest BCUT2D eigenvalue weighted by Crippen LogP contribution is -2.52. The Morgan fingerprint density at radius 3 is 3.05 bits per heavy atom. The highest BCUT2D eigenvalue weighted by Gasteiger charge is 2.41. The summed E-state index contributed by atoms with van der Waals surface area (Å²) in [6.07, 6.45) is 2.70. The van der Waals surface area contributed by atoms with Crippen LogP contribution in [0.15, 0.2) is 24.5 Å². The molecule has 7 heteroatoms. The first-order valence-corrected chi connectivity index (χ1v) is 6.68. The molecule has 21 heavy (non-hydrogen) atoms. The number of aliphatic carboxylic acids is 1. The summed E-state index contributed by atoms with van der Waals surface area (Å²) in [5.74, 6) is -1.31. The molecule has 2 heterocycles. The normalized spacial score (nSPS) is 22.3. The van der Waals surface area contributed by atoms with Gasteiger partial charge in [-0.3, -0.25) is 9.78 Å². The maximum Gasteiger partial charge on any atom is 0.335 e. The molecule has 2 unspecified atom stereocenters. The lowest BCUT2D eigenvalue weighted by molar-refractivity contribution is -0.173. The van der Waals surface area contributed by atoms with Crippen LogP contribution in [0.2, 0.25) is 0 Å². The van der Waals surface area contributed by atoms with Crippen molar-refractivity contribution in [3.8, 4) is 0 Å². The second kappa shape index (κ2) is 7.14. The van der Waals surface area contributed by atoms with Crippen LogP contribution < -0.4 is 0 Å². The number of hydrogen-bond donors (Lipinski definition) is 1. The van der Waals surface area contributed by atoms with E-state index in [0.717, 1.165) is 0 Å². The lowest BCUT2D eigenvalue weighted by Gasteiger charge is -2.39. The molecular weight excluding hydrogens is 276 g/mol. The highest BCUT2D eigenvalue weighted by molar-refractivity contribution is 5.82. The van der Waals surface area contributed by atoms with Gasteiger partial charge in [-0.15, -0.1) is 0 Å². The first kappa shape index (κ1) is 15.4. The molecule has 1 amide bonds. The van der Waals surface area contributed by atoms with E-state index in [1.807, 2.05) is 0 Å². The summed E-state index contributed by atoms with van der Waals surface area (Å²) in [4.78, 5) is 29.0. The maximum atomic E-state index is 12.1. The quantitative estimate of drug-likeness (QED) is 0.767. The number of carbonyl (C=O) groups excluding carboxylic acids is 1. The number of carbonyl (C=O) groups is 2. The van der Waals surface area contributed by atoms with E-state index in [0.29, 0.717) is 25.1 Å². The third kappa shape index (κ3) is 3.56. The summed E-state index contributed by atoms with van der Waals surface area (Å²) >= 11 is 0. The van der Waals surface area contributed by atoms with Gasteiger partial charge in [0, 0.05) is 32.7 Å². The minimum absolute atomic E-state index is 0.222. The van der Waals surface area contributed by atoms with E-state index in [-0.39, 0.29) is 12.5 Å². The van der Waals surface area contributed by atoms with Crippen LogP contribution in [0, 0.1) is 0 Å². The summed E-state index contributed by atoms with van der Waals surface area (Å²) in [6, 6.07) is 2.79. The van der Waals surface area contributed by atoms with Gasteiger partial charge in [0.15, 0.2) is 6.10 Å². The zero-order valence-corrected chi connectivity index (χ0v) is 11.8. The summed E-state index contributed by atoms with van der Waals surface area (Å²) in [5, 5.41) is 9.34. The molecule has 2 atom stereocenters. The Morgan fingerprint density at radius 2 is 2.43 bits per heavy atom. The second-order valence-corrected chi connectivity index (χ2v) is 4.73. The average Bonchev–Trinajstić information content (AvgIpc) is 2.49. The number of amides is 1. The van der Waals surface area contributed by atoms with E-state index in [9.17, 15) is 14.7 Å². The van der Waals surface area contributed by atoms with Gasteiger partial charge >= 0.3 is 5.97 Å². The van der Waals surface area contributed by atoms with Gasteiger partial charge in [-0.25, -0.2) is 4.79 Å². The van der Waals surface area contributed by atoms with Crippen molar-refractivity contribution in [1.82, 2.24) is 9.88 Å². The molecule has 1 saturated heterocycles. The molecule has 0 aromatic carbocycles. The first-order valence-electron chi connectivity index (χ1n) is 6.68.